The molecule has 2 rings (SSSR count). The molecule has 0 spiro atoms. The maximum absolute atomic E-state index is 3.77. The fourth-order valence-corrected chi connectivity index (χ4v) is 4.20. The second-order valence-electron chi connectivity index (χ2n) is 6.34. The van der Waals surface area contributed by atoms with Gasteiger partial charge in [0.2, 0.25) is 0 Å². The van der Waals surface area contributed by atoms with Crippen molar-refractivity contribution in [3.63, 3.8) is 0 Å². The average molecular weight is 324 g/mol. The molecule has 0 atom stereocenters. The summed E-state index contributed by atoms with van der Waals surface area (Å²) in [6, 6.07) is 6.78. The summed E-state index contributed by atoms with van der Waals surface area (Å²) in [6.07, 6.45) is 6.95. The first-order valence-corrected chi connectivity index (χ1v) is 8.53. The molecule has 1 saturated carbocycles. The molecule has 0 aliphatic heterocycles. The third kappa shape index (κ3) is 3.53. The molecule has 1 aromatic rings. The molecule has 1 aliphatic rings. The summed E-state index contributed by atoms with van der Waals surface area (Å²) in [4.78, 5) is 2.46. The molecule has 0 radical (unpaired) electrons. The van der Waals surface area contributed by atoms with E-state index >= 15 is 0 Å². The lowest BCUT2D eigenvalue weighted by atomic mass is 9.75. The molecule has 2 heteroatoms. The Morgan fingerprint density at radius 2 is 1.84 bits per heavy atom. The average Bonchev–Trinajstić information content (AvgIpc) is 2.39. The number of aryl methyl sites for hydroxylation is 2. The van der Waals surface area contributed by atoms with Crippen molar-refractivity contribution in [3.8, 4) is 0 Å². The Hall–Kier alpha value is -0.500. The van der Waals surface area contributed by atoms with Crippen molar-refractivity contribution in [2.45, 2.75) is 46.0 Å². The van der Waals surface area contributed by atoms with Gasteiger partial charge in [0.1, 0.15) is 0 Å². The molecule has 0 aromatic heterocycles. The number of benzene rings is 1. The first-order valence-electron chi connectivity index (χ1n) is 7.41. The highest BCUT2D eigenvalue weighted by atomic mass is 79.9. The van der Waals surface area contributed by atoms with Gasteiger partial charge in [-0.3, -0.25) is 0 Å². The minimum Gasteiger partial charge on any atom is -0.374 e. The SMILES string of the molecule is Cc1ccc(N(C)CC2(CBr)CCCCC2)c(C)c1. The van der Waals surface area contributed by atoms with Gasteiger partial charge in [-0.25, -0.2) is 0 Å². The zero-order chi connectivity index (χ0) is 13.9. The summed E-state index contributed by atoms with van der Waals surface area (Å²) in [6.45, 7) is 5.56. The van der Waals surface area contributed by atoms with E-state index in [1.165, 1.54) is 55.5 Å². The van der Waals surface area contributed by atoms with E-state index in [1.807, 2.05) is 0 Å². The van der Waals surface area contributed by atoms with Crippen molar-refractivity contribution < 1.29 is 0 Å². The Kier molecular flexibility index (Phi) is 4.94. The Morgan fingerprint density at radius 3 is 2.42 bits per heavy atom. The number of anilines is 1. The van der Waals surface area contributed by atoms with Crippen molar-refractivity contribution in [1.82, 2.24) is 0 Å². The van der Waals surface area contributed by atoms with Crippen molar-refractivity contribution >= 4 is 21.6 Å². The van der Waals surface area contributed by atoms with E-state index in [-0.39, 0.29) is 0 Å². The minimum absolute atomic E-state index is 0.477. The quantitative estimate of drug-likeness (QED) is 0.698. The predicted molar refractivity (Wildman–Crippen MR) is 88.5 cm³/mol. The minimum atomic E-state index is 0.477. The van der Waals surface area contributed by atoms with Gasteiger partial charge in [0.25, 0.3) is 0 Å². The van der Waals surface area contributed by atoms with Gasteiger partial charge in [-0.1, -0.05) is 52.9 Å². The predicted octanol–water partition coefficient (Wildman–Crippen LogP) is 5.09. The Balaban J connectivity index is 2.12. The number of hydrogen-bond acceptors (Lipinski definition) is 1. The zero-order valence-corrected chi connectivity index (χ0v) is 14.1. The molecule has 19 heavy (non-hydrogen) atoms. The molecule has 1 nitrogen and oxygen atoms in total. The second kappa shape index (κ2) is 6.30. The van der Waals surface area contributed by atoms with E-state index in [0.717, 1.165) is 5.33 Å². The van der Waals surface area contributed by atoms with Crippen molar-refractivity contribution in [3.05, 3.63) is 29.3 Å². The molecule has 0 heterocycles. The van der Waals surface area contributed by atoms with Crippen LogP contribution in [0, 0.1) is 19.3 Å². The number of nitrogens with zero attached hydrogens (tertiary/aromatic N) is 1. The van der Waals surface area contributed by atoms with Crippen molar-refractivity contribution in [2.75, 3.05) is 23.8 Å². The van der Waals surface area contributed by atoms with Gasteiger partial charge >= 0.3 is 0 Å². The first-order chi connectivity index (χ1) is 9.06. The van der Waals surface area contributed by atoms with Gasteiger partial charge in [-0.2, -0.15) is 0 Å². The smallest absolute Gasteiger partial charge is 0.0393 e. The van der Waals surface area contributed by atoms with E-state index in [9.17, 15) is 0 Å². The molecular weight excluding hydrogens is 298 g/mol. The summed E-state index contributed by atoms with van der Waals surface area (Å²) in [7, 11) is 2.25. The van der Waals surface area contributed by atoms with Crippen LogP contribution < -0.4 is 4.90 Å². The standard InChI is InChI=1S/C17H26BrN/c1-14-7-8-16(15(2)11-14)19(3)13-17(12-18)9-5-4-6-10-17/h7-8,11H,4-6,9-10,12-13H2,1-3H3. The molecule has 106 valence electrons. The molecular formula is C17H26BrN. The molecule has 0 unspecified atom stereocenters. The van der Waals surface area contributed by atoms with E-state index < -0.39 is 0 Å². The Labute approximate surface area is 126 Å². The molecule has 0 N–H and O–H groups in total. The lowest BCUT2D eigenvalue weighted by Crippen LogP contribution is -2.39. The lowest BCUT2D eigenvalue weighted by Gasteiger charge is -2.40. The normalized spacial score (nSPS) is 18.3. The molecule has 0 amide bonds. The summed E-state index contributed by atoms with van der Waals surface area (Å²) in [5.74, 6) is 0. The fourth-order valence-electron chi connectivity index (χ4n) is 3.46. The molecule has 1 fully saturated rings. The number of halogens is 1. The van der Waals surface area contributed by atoms with Crippen molar-refractivity contribution in [1.29, 1.82) is 0 Å². The summed E-state index contributed by atoms with van der Waals surface area (Å²) >= 11 is 3.77. The number of hydrogen-bond donors (Lipinski definition) is 0. The van der Waals surface area contributed by atoms with Gasteiger partial charge in [-0.15, -0.1) is 0 Å². The Morgan fingerprint density at radius 1 is 1.16 bits per heavy atom. The highest BCUT2D eigenvalue weighted by Crippen LogP contribution is 2.39. The van der Waals surface area contributed by atoms with E-state index in [2.05, 4.69) is 59.9 Å². The zero-order valence-electron chi connectivity index (χ0n) is 12.5. The highest BCUT2D eigenvalue weighted by Gasteiger charge is 2.32. The van der Waals surface area contributed by atoms with Crippen LogP contribution in [0.3, 0.4) is 0 Å². The lowest BCUT2D eigenvalue weighted by molar-refractivity contribution is 0.232. The van der Waals surface area contributed by atoms with E-state index in [1.54, 1.807) is 0 Å². The van der Waals surface area contributed by atoms with Crippen LogP contribution in [0.4, 0.5) is 5.69 Å². The summed E-state index contributed by atoms with van der Waals surface area (Å²) in [5, 5.41) is 1.13. The van der Waals surface area contributed by atoms with Crippen LogP contribution >= 0.6 is 15.9 Å². The van der Waals surface area contributed by atoms with Gasteiger partial charge in [0.05, 0.1) is 0 Å². The van der Waals surface area contributed by atoms with Crippen LogP contribution in [0.15, 0.2) is 18.2 Å². The van der Waals surface area contributed by atoms with Crippen LogP contribution in [0.25, 0.3) is 0 Å². The van der Waals surface area contributed by atoms with Gasteiger partial charge in [-0.05, 0) is 43.7 Å². The van der Waals surface area contributed by atoms with Crippen LogP contribution in [-0.4, -0.2) is 18.9 Å². The second-order valence-corrected chi connectivity index (χ2v) is 6.90. The van der Waals surface area contributed by atoms with Crippen LogP contribution in [0.5, 0.6) is 0 Å². The number of alkyl halides is 1. The van der Waals surface area contributed by atoms with E-state index in [4.69, 9.17) is 0 Å². The first kappa shape index (κ1) is 14.9. The van der Waals surface area contributed by atoms with Gasteiger partial charge in [0, 0.05) is 24.6 Å². The van der Waals surface area contributed by atoms with Gasteiger partial charge in [0.15, 0.2) is 0 Å². The third-order valence-electron chi connectivity index (χ3n) is 4.53. The van der Waals surface area contributed by atoms with Crippen LogP contribution in [0.1, 0.15) is 43.2 Å². The third-order valence-corrected chi connectivity index (χ3v) is 5.72. The van der Waals surface area contributed by atoms with Crippen molar-refractivity contribution in [2.24, 2.45) is 5.41 Å². The molecule has 1 aromatic carbocycles. The van der Waals surface area contributed by atoms with Crippen LogP contribution in [-0.2, 0) is 0 Å². The topological polar surface area (TPSA) is 3.24 Å². The summed E-state index contributed by atoms with van der Waals surface area (Å²) in [5.41, 5.74) is 4.60. The molecule has 0 bridgehead atoms. The number of rotatable bonds is 4. The van der Waals surface area contributed by atoms with Gasteiger partial charge < -0.3 is 4.90 Å². The monoisotopic (exact) mass is 323 g/mol. The molecule has 1 aliphatic carbocycles. The fraction of sp³-hybridized carbons (Fsp3) is 0.647. The maximum Gasteiger partial charge on any atom is 0.0393 e. The maximum atomic E-state index is 3.77. The Bertz CT molecular complexity index is 421. The highest BCUT2D eigenvalue weighted by molar-refractivity contribution is 9.09. The summed E-state index contributed by atoms with van der Waals surface area (Å²) < 4.78 is 0. The van der Waals surface area contributed by atoms with Crippen LogP contribution in [0.2, 0.25) is 0 Å². The molecule has 0 saturated heterocycles. The van der Waals surface area contributed by atoms with E-state index in [0.29, 0.717) is 5.41 Å². The largest absolute Gasteiger partial charge is 0.374 e.